The van der Waals surface area contributed by atoms with E-state index in [9.17, 15) is 10.5 Å². The number of aryl methyl sites for hydroxylation is 1. The van der Waals surface area contributed by atoms with E-state index in [1.807, 2.05) is 42.5 Å². The van der Waals surface area contributed by atoms with Crippen LogP contribution >= 0.6 is 0 Å². The lowest BCUT2D eigenvalue weighted by atomic mass is 9.87. The molecule has 136 valence electrons. The molecule has 0 fully saturated rings. The van der Waals surface area contributed by atoms with Crippen LogP contribution in [0.15, 0.2) is 59.6 Å². The molecule has 27 heavy (non-hydrogen) atoms. The molecule has 0 amide bonds. The summed E-state index contributed by atoms with van der Waals surface area (Å²) in [5.41, 5.74) is 2.99. The Hall–Kier alpha value is -3.46. The number of hydrogen-bond donors (Lipinski definition) is 0. The number of diazo groups is 1. The normalized spacial score (nSPS) is 12.0. The van der Waals surface area contributed by atoms with E-state index in [-0.39, 0.29) is 16.9 Å². The second-order valence-electron chi connectivity index (χ2n) is 7.35. The van der Waals surface area contributed by atoms with Gasteiger partial charge in [0.1, 0.15) is 0 Å². The van der Waals surface area contributed by atoms with Gasteiger partial charge >= 0.3 is 5.69 Å². The molecule has 3 rings (SSSR count). The van der Waals surface area contributed by atoms with Crippen LogP contribution in [0.3, 0.4) is 0 Å². The van der Waals surface area contributed by atoms with Gasteiger partial charge in [-0.1, -0.05) is 63.2 Å². The fourth-order valence-electron chi connectivity index (χ4n) is 2.75. The van der Waals surface area contributed by atoms with E-state index in [2.05, 4.69) is 35.8 Å². The van der Waals surface area contributed by atoms with Crippen molar-refractivity contribution in [3.63, 3.8) is 0 Å². The zero-order chi connectivity index (χ0) is 19.6. The van der Waals surface area contributed by atoms with Gasteiger partial charge < -0.3 is 5.11 Å². The number of rotatable bonds is 3. The molecule has 3 aromatic rings. The molecule has 0 aliphatic heterocycles. The lowest BCUT2D eigenvalue weighted by Crippen LogP contribution is -2.19. The number of para-hydroxylation sites is 1. The third-order valence-electron chi connectivity index (χ3n) is 4.31. The van der Waals surface area contributed by atoms with E-state index < -0.39 is 5.90 Å². The Kier molecular flexibility index (Phi) is 4.78. The maximum absolute atomic E-state index is 12.7. The van der Waals surface area contributed by atoms with Gasteiger partial charge in [-0.2, -0.15) is 5.10 Å². The van der Waals surface area contributed by atoms with Crippen LogP contribution in [0.5, 0.6) is 0 Å². The smallest absolute Gasteiger partial charge is 0.451 e. The van der Waals surface area contributed by atoms with Gasteiger partial charge in [0.2, 0.25) is 5.39 Å². The average molecular weight is 359 g/mol. The lowest BCUT2D eigenvalue weighted by molar-refractivity contribution is -0.212. The summed E-state index contributed by atoms with van der Waals surface area (Å²) in [6.45, 7) is 8.05. The molecule has 6 nitrogen and oxygen atoms in total. The van der Waals surface area contributed by atoms with Gasteiger partial charge in [0.05, 0.1) is 5.69 Å². The first-order chi connectivity index (χ1) is 12.8. The number of hydrogen-bond acceptors (Lipinski definition) is 4. The van der Waals surface area contributed by atoms with Crippen molar-refractivity contribution in [2.75, 3.05) is 0 Å². The van der Waals surface area contributed by atoms with Crippen LogP contribution in [0.4, 0.5) is 11.5 Å². The summed E-state index contributed by atoms with van der Waals surface area (Å²) >= 11 is 0. The molecule has 0 N–H and O–H groups in total. The van der Waals surface area contributed by atoms with Gasteiger partial charge in [-0.05, 0) is 41.5 Å². The van der Waals surface area contributed by atoms with Crippen molar-refractivity contribution in [2.45, 2.75) is 33.1 Å². The highest BCUT2D eigenvalue weighted by Gasteiger charge is 2.26. The van der Waals surface area contributed by atoms with E-state index in [0.29, 0.717) is 11.3 Å². The maximum atomic E-state index is 12.7. The molecule has 6 heteroatoms. The van der Waals surface area contributed by atoms with Crippen LogP contribution in [0.25, 0.3) is 10.7 Å². The van der Waals surface area contributed by atoms with Crippen molar-refractivity contribution in [2.24, 2.45) is 4.99 Å². The second-order valence-corrected chi connectivity index (χ2v) is 7.35. The van der Waals surface area contributed by atoms with E-state index in [1.54, 1.807) is 19.1 Å². The highest BCUT2D eigenvalue weighted by atomic mass is 16.3. The zero-order valence-corrected chi connectivity index (χ0v) is 15.8. The van der Waals surface area contributed by atoms with Crippen LogP contribution in [0.1, 0.15) is 37.6 Å². The molecule has 0 unspecified atom stereocenters. The number of benzene rings is 2. The first-order valence-electron chi connectivity index (χ1n) is 8.68. The van der Waals surface area contributed by atoms with Gasteiger partial charge in [-0.15, -0.1) is 0 Å². The minimum atomic E-state index is -0.419. The van der Waals surface area contributed by atoms with Gasteiger partial charge in [0.15, 0.2) is 10.7 Å². The summed E-state index contributed by atoms with van der Waals surface area (Å²) in [5, 5.41) is 26.4. The Morgan fingerprint density at radius 3 is 2.26 bits per heavy atom. The molecular weight excluding hydrogens is 338 g/mol. The van der Waals surface area contributed by atoms with Crippen LogP contribution < -0.4 is 5.11 Å². The number of aromatic nitrogens is 2. The first-order valence-corrected chi connectivity index (χ1v) is 8.68. The van der Waals surface area contributed by atoms with Gasteiger partial charge in [0, 0.05) is 0 Å². The highest BCUT2D eigenvalue weighted by Crippen LogP contribution is 2.34. The molecule has 2 aromatic carbocycles. The standard InChI is InChI=1S/C21H21N5O/c1-14-18(24-22)19(26(25-14)17-8-6-5-7-9-17)23-20(27)15-10-12-16(13-11-15)21(2,3)4/h5-13H,1-4H3. The summed E-state index contributed by atoms with van der Waals surface area (Å²) in [6, 6.07) is 16.7. The van der Waals surface area contributed by atoms with Crippen molar-refractivity contribution < 1.29 is 5.11 Å². The van der Waals surface area contributed by atoms with Crippen molar-refractivity contribution in [1.82, 2.24) is 9.78 Å². The van der Waals surface area contributed by atoms with Crippen LogP contribution in [-0.2, 0) is 5.41 Å². The quantitative estimate of drug-likeness (QED) is 0.395. The largest absolute Gasteiger partial charge is 0.858 e. The van der Waals surface area contributed by atoms with Crippen molar-refractivity contribution >= 4 is 17.4 Å². The SMILES string of the molecule is Cc1nn(-c2ccccc2)c(N=C([O-])c2ccc(C(C)(C)C)cc2)c1[N+]#N. The van der Waals surface area contributed by atoms with E-state index in [1.165, 1.54) is 4.68 Å². The molecule has 0 bridgehead atoms. The summed E-state index contributed by atoms with van der Waals surface area (Å²) < 4.78 is 1.51. The van der Waals surface area contributed by atoms with Crippen molar-refractivity contribution in [1.29, 1.82) is 5.39 Å². The fourth-order valence-corrected chi connectivity index (χ4v) is 2.75. The molecule has 0 saturated heterocycles. The van der Waals surface area contributed by atoms with Crippen molar-refractivity contribution in [3.05, 3.63) is 76.4 Å². The average Bonchev–Trinajstić information content (AvgIpc) is 2.97. The van der Waals surface area contributed by atoms with Crippen LogP contribution in [0.2, 0.25) is 0 Å². The Morgan fingerprint density at radius 1 is 1.07 bits per heavy atom. The topological polar surface area (TPSA) is 81.4 Å². The third-order valence-corrected chi connectivity index (χ3v) is 4.31. The van der Waals surface area contributed by atoms with E-state index >= 15 is 0 Å². The molecule has 0 aliphatic rings. The van der Waals surface area contributed by atoms with Gasteiger partial charge in [-0.3, -0.25) is 0 Å². The van der Waals surface area contributed by atoms with Crippen LogP contribution in [-0.4, -0.2) is 15.7 Å². The minimum Gasteiger partial charge on any atom is -0.858 e. The predicted octanol–water partition coefficient (Wildman–Crippen LogP) is 4.40. The molecular formula is C21H21N5O. The van der Waals surface area contributed by atoms with E-state index in [0.717, 1.165) is 11.3 Å². The molecule has 0 atom stereocenters. The predicted molar refractivity (Wildman–Crippen MR) is 104 cm³/mol. The molecule has 0 aliphatic carbocycles. The summed E-state index contributed by atoms with van der Waals surface area (Å²) in [6.07, 6.45) is 0. The summed E-state index contributed by atoms with van der Waals surface area (Å²) in [4.78, 5) is 7.48. The minimum absolute atomic E-state index is 0.00466. The zero-order valence-electron chi connectivity index (χ0n) is 15.8. The first kappa shape index (κ1) is 18.3. The lowest BCUT2D eigenvalue weighted by Gasteiger charge is -2.20. The number of nitrogens with zero attached hydrogens (tertiary/aromatic N) is 5. The third kappa shape index (κ3) is 3.72. The second kappa shape index (κ2) is 7.04. The Morgan fingerprint density at radius 2 is 1.70 bits per heavy atom. The molecule has 0 spiro atoms. The molecule has 1 heterocycles. The van der Waals surface area contributed by atoms with Gasteiger partial charge in [0.25, 0.3) is 5.82 Å². The Labute approximate surface area is 158 Å². The van der Waals surface area contributed by atoms with Crippen LogP contribution in [0, 0.1) is 12.3 Å². The number of aliphatic imine (C=N–C) groups is 1. The fraction of sp³-hybridized carbons (Fsp3) is 0.238. The summed E-state index contributed by atoms with van der Waals surface area (Å²) in [7, 11) is 0. The Balaban J connectivity index is 2.07. The van der Waals surface area contributed by atoms with Crippen molar-refractivity contribution in [3.8, 4) is 5.69 Å². The van der Waals surface area contributed by atoms with E-state index in [4.69, 9.17) is 0 Å². The highest BCUT2D eigenvalue weighted by molar-refractivity contribution is 5.93. The molecule has 0 radical (unpaired) electrons. The Bertz CT molecular complexity index is 1020. The maximum Gasteiger partial charge on any atom is 0.451 e. The molecule has 1 aromatic heterocycles. The molecule has 0 saturated carbocycles. The monoisotopic (exact) mass is 359 g/mol. The summed E-state index contributed by atoms with van der Waals surface area (Å²) in [5.74, 6) is -0.219. The van der Waals surface area contributed by atoms with Gasteiger partial charge in [-0.25, -0.2) is 9.67 Å².